The van der Waals surface area contributed by atoms with E-state index in [0.29, 0.717) is 16.0 Å². The second-order valence-electron chi connectivity index (χ2n) is 7.60. The number of ether oxygens (including phenoxy) is 1. The molecule has 4 aromatic rings. The third-order valence-electron chi connectivity index (χ3n) is 5.75. The Kier molecular flexibility index (Phi) is 4.75. The van der Waals surface area contributed by atoms with Crippen molar-refractivity contribution in [2.24, 2.45) is 0 Å². The maximum absolute atomic E-state index is 6.71. The lowest BCUT2D eigenvalue weighted by Crippen LogP contribution is -2.32. The lowest BCUT2D eigenvalue weighted by molar-refractivity contribution is 0.223. The first-order valence-corrected chi connectivity index (χ1v) is 11.5. The number of para-hydroxylation sites is 1. The van der Waals surface area contributed by atoms with Gasteiger partial charge in [-0.2, -0.15) is 10.1 Å². The molecular weight excluding hydrogens is 511 g/mol. The lowest BCUT2D eigenvalue weighted by Gasteiger charge is -2.39. The fourth-order valence-electron chi connectivity index (χ4n) is 4.35. The summed E-state index contributed by atoms with van der Waals surface area (Å²) in [5, 5.41) is 9.15. The van der Waals surface area contributed by atoms with Gasteiger partial charge in [-0.3, -0.25) is 0 Å². The third-order valence-corrected chi connectivity index (χ3v) is 6.84. The molecular formula is C24H15BrCl2N4O. The molecule has 2 aliphatic rings. The SMILES string of the molecule is Clc1ccc([C@H]2C3=C(Nc4ncnn42)c2ccccc2O[C@H]3c2ccc(Br)cc2)c(Cl)c1. The molecule has 2 atom stereocenters. The molecule has 0 bridgehead atoms. The maximum Gasteiger partial charge on any atom is 0.226 e. The Morgan fingerprint density at radius 1 is 1.00 bits per heavy atom. The van der Waals surface area contributed by atoms with Gasteiger partial charge in [-0.1, -0.05) is 69.5 Å². The quantitative estimate of drug-likeness (QED) is 0.309. The number of nitrogens with zero attached hydrogens (tertiary/aromatic N) is 3. The van der Waals surface area contributed by atoms with Gasteiger partial charge in [0.1, 0.15) is 24.2 Å². The van der Waals surface area contributed by atoms with E-state index >= 15 is 0 Å². The van der Waals surface area contributed by atoms with Crippen molar-refractivity contribution in [2.75, 3.05) is 5.32 Å². The molecule has 0 fully saturated rings. The first kappa shape index (κ1) is 19.9. The van der Waals surface area contributed by atoms with Gasteiger partial charge in [0.05, 0.1) is 5.70 Å². The minimum Gasteiger partial charge on any atom is -0.480 e. The van der Waals surface area contributed by atoms with Gasteiger partial charge in [-0.15, -0.1) is 0 Å². The lowest BCUT2D eigenvalue weighted by atomic mass is 9.84. The van der Waals surface area contributed by atoms with Crippen molar-refractivity contribution >= 4 is 50.8 Å². The molecule has 0 radical (unpaired) electrons. The molecule has 0 amide bonds. The molecule has 3 heterocycles. The molecule has 0 saturated heterocycles. The fourth-order valence-corrected chi connectivity index (χ4v) is 5.13. The van der Waals surface area contributed by atoms with Crippen molar-refractivity contribution in [1.29, 1.82) is 0 Å². The number of benzene rings is 3. The molecule has 5 nitrogen and oxygen atoms in total. The third kappa shape index (κ3) is 3.13. The summed E-state index contributed by atoms with van der Waals surface area (Å²) in [5.41, 5.74) is 4.84. The van der Waals surface area contributed by atoms with Crippen molar-refractivity contribution in [3.05, 3.63) is 110 Å². The van der Waals surface area contributed by atoms with E-state index in [9.17, 15) is 0 Å². The summed E-state index contributed by atoms with van der Waals surface area (Å²) in [6.07, 6.45) is 1.19. The van der Waals surface area contributed by atoms with Crippen LogP contribution in [0.3, 0.4) is 0 Å². The topological polar surface area (TPSA) is 52.0 Å². The van der Waals surface area contributed by atoms with Crippen LogP contribution in [0.15, 0.2) is 83.1 Å². The van der Waals surface area contributed by atoms with E-state index in [4.69, 9.17) is 27.9 Å². The van der Waals surface area contributed by atoms with Crippen LogP contribution in [0.5, 0.6) is 5.75 Å². The second-order valence-corrected chi connectivity index (χ2v) is 9.36. The molecule has 1 aromatic heterocycles. The number of rotatable bonds is 2. The minimum atomic E-state index is -0.352. The Hall–Kier alpha value is -2.80. The number of anilines is 1. The van der Waals surface area contributed by atoms with Crippen LogP contribution in [-0.2, 0) is 0 Å². The average Bonchev–Trinajstić information content (AvgIpc) is 3.27. The Morgan fingerprint density at radius 2 is 1.81 bits per heavy atom. The zero-order valence-electron chi connectivity index (χ0n) is 16.5. The second kappa shape index (κ2) is 7.66. The normalized spacial score (nSPS) is 18.8. The molecule has 2 aliphatic heterocycles. The largest absolute Gasteiger partial charge is 0.480 e. The van der Waals surface area contributed by atoms with Crippen LogP contribution in [0.25, 0.3) is 5.70 Å². The number of halogens is 3. The van der Waals surface area contributed by atoms with Gasteiger partial charge in [-0.05, 0) is 47.5 Å². The standard InChI is InChI=1S/C24H15BrCl2N4O/c25-14-7-5-13(6-8-14)23-20-21(17-3-1-2-4-19(17)32-23)30-24-28-12-29-31(24)22(20)16-10-9-15(26)11-18(16)27/h1-12,22-23H,(H,28,29,30)/t22-,23-/m0/s1. The van der Waals surface area contributed by atoms with E-state index in [1.165, 1.54) is 0 Å². The highest BCUT2D eigenvalue weighted by Crippen LogP contribution is 2.51. The van der Waals surface area contributed by atoms with Crippen LogP contribution < -0.4 is 10.1 Å². The molecule has 32 heavy (non-hydrogen) atoms. The summed E-state index contributed by atoms with van der Waals surface area (Å²) < 4.78 is 9.44. The number of nitrogens with one attached hydrogen (secondary N) is 1. The highest BCUT2D eigenvalue weighted by Gasteiger charge is 2.41. The molecule has 6 rings (SSSR count). The van der Waals surface area contributed by atoms with Crippen LogP contribution >= 0.6 is 39.1 Å². The summed E-state index contributed by atoms with van der Waals surface area (Å²) >= 11 is 16.4. The van der Waals surface area contributed by atoms with E-state index in [2.05, 4.69) is 43.5 Å². The number of hydrogen-bond donors (Lipinski definition) is 1. The zero-order chi connectivity index (χ0) is 21.8. The van der Waals surface area contributed by atoms with Gasteiger partial charge in [0, 0.05) is 25.7 Å². The fraction of sp³-hybridized carbons (Fsp3) is 0.0833. The van der Waals surface area contributed by atoms with Crippen molar-refractivity contribution in [2.45, 2.75) is 12.1 Å². The number of hydrogen-bond acceptors (Lipinski definition) is 4. The molecule has 8 heteroatoms. The van der Waals surface area contributed by atoms with Gasteiger partial charge < -0.3 is 10.1 Å². The molecule has 0 saturated carbocycles. The van der Waals surface area contributed by atoms with Crippen LogP contribution in [0.1, 0.15) is 28.8 Å². The minimum absolute atomic E-state index is 0.324. The van der Waals surface area contributed by atoms with Crippen LogP contribution in [0, 0.1) is 0 Å². The molecule has 158 valence electrons. The number of fused-ring (bicyclic) bond motifs is 3. The van der Waals surface area contributed by atoms with Gasteiger partial charge >= 0.3 is 0 Å². The van der Waals surface area contributed by atoms with E-state index in [-0.39, 0.29) is 12.1 Å². The highest BCUT2D eigenvalue weighted by molar-refractivity contribution is 9.10. The van der Waals surface area contributed by atoms with Crippen LogP contribution in [-0.4, -0.2) is 14.8 Å². The Morgan fingerprint density at radius 3 is 2.62 bits per heavy atom. The maximum atomic E-state index is 6.71. The smallest absolute Gasteiger partial charge is 0.226 e. The zero-order valence-corrected chi connectivity index (χ0v) is 19.6. The molecule has 0 aliphatic carbocycles. The Balaban J connectivity index is 1.64. The van der Waals surface area contributed by atoms with Crippen molar-refractivity contribution in [3.8, 4) is 5.75 Å². The van der Waals surface area contributed by atoms with Gasteiger partial charge in [0.15, 0.2) is 0 Å². The summed E-state index contributed by atoms with van der Waals surface area (Å²) in [5.74, 6) is 1.45. The van der Waals surface area contributed by atoms with Crippen LogP contribution in [0.4, 0.5) is 5.95 Å². The van der Waals surface area contributed by atoms with E-state index < -0.39 is 0 Å². The molecule has 1 N–H and O–H groups in total. The van der Waals surface area contributed by atoms with E-state index in [1.54, 1.807) is 12.4 Å². The first-order chi connectivity index (χ1) is 15.6. The highest BCUT2D eigenvalue weighted by atomic mass is 79.9. The summed E-state index contributed by atoms with van der Waals surface area (Å²) in [6, 6.07) is 21.4. The van der Waals surface area contributed by atoms with E-state index in [1.807, 2.05) is 53.2 Å². The van der Waals surface area contributed by atoms with E-state index in [0.717, 1.165) is 38.2 Å². The molecule has 0 unspecified atom stereocenters. The average molecular weight is 526 g/mol. The molecule has 3 aromatic carbocycles. The predicted molar refractivity (Wildman–Crippen MR) is 129 cm³/mol. The van der Waals surface area contributed by atoms with Crippen molar-refractivity contribution in [1.82, 2.24) is 14.8 Å². The van der Waals surface area contributed by atoms with Crippen molar-refractivity contribution in [3.63, 3.8) is 0 Å². The van der Waals surface area contributed by atoms with Gasteiger partial charge in [-0.25, -0.2) is 4.68 Å². The summed E-state index contributed by atoms with van der Waals surface area (Å²) in [4.78, 5) is 4.44. The monoisotopic (exact) mass is 524 g/mol. The first-order valence-electron chi connectivity index (χ1n) is 9.97. The van der Waals surface area contributed by atoms with Crippen molar-refractivity contribution < 1.29 is 4.74 Å². The predicted octanol–water partition coefficient (Wildman–Crippen LogP) is 6.91. The molecule has 0 spiro atoms. The number of aromatic nitrogens is 3. The summed E-state index contributed by atoms with van der Waals surface area (Å²) in [6.45, 7) is 0. The summed E-state index contributed by atoms with van der Waals surface area (Å²) in [7, 11) is 0. The van der Waals surface area contributed by atoms with Crippen LogP contribution in [0.2, 0.25) is 10.0 Å². The Bertz CT molecular complexity index is 1380. The van der Waals surface area contributed by atoms with Gasteiger partial charge in [0.2, 0.25) is 5.95 Å². The van der Waals surface area contributed by atoms with Gasteiger partial charge in [0.25, 0.3) is 0 Å². The Labute approximate surface area is 202 Å².